The molecular formula is C21H27ClN2. The van der Waals surface area contributed by atoms with Crippen LogP contribution in [0.4, 0.5) is 0 Å². The summed E-state index contributed by atoms with van der Waals surface area (Å²) in [6, 6.07) is 6.95. The fourth-order valence-electron chi connectivity index (χ4n) is 4.79. The summed E-state index contributed by atoms with van der Waals surface area (Å²) in [5.41, 5.74) is 6.74. The summed E-state index contributed by atoms with van der Waals surface area (Å²) in [5, 5.41) is 0. The van der Waals surface area contributed by atoms with Gasteiger partial charge in [0.2, 0.25) is 0 Å². The van der Waals surface area contributed by atoms with Gasteiger partial charge in [-0.1, -0.05) is 44.0 Å². The molecule has 2 aliphatic carbocycles. The van der Waals surface area contributed by atoms with E-state index in [2.05, 4.69) is 46.9 Å². The second-order valence-electron chi connectivity index (χ2n) is 7.33. The van der Waals surface area contributed by atoms with Crippen molar-refractivity contribution in [2.24, 2.45) is 0 Å². The van der Waals surface area contributed by atoms with Crippen molar-refractivity contribution in [1.82, 2.24) is 9.55 Å². The Morgan fingerprint density at radius 3 is 3.00 bits per heavy atom. The predicted octanol–water partition coefficient (Wildman–Crippen LogP) is 5.56. The Hall–Kier alpha value is -1.54. The average molecular weight is 343 g/mol. The van der Waals surface area contributed by atoms with Crippen molar-refractivity contribution in [1.29, 1.82) is 0 Å². The third-order valence-corrected chi connectivity index (χ3v) is 5.69. The number of allylic oxidation sites excluding steroid dienone is 1. The number of hydrogen-bond acceptors (Lipinski definition) is 1. The summed E-state index contributed by atoms with van der Waals surface area (Å²) >= 11 is 0. The molecule has 0 spiro atoms. The molecule has 0 aliphatic heterocycles. The number of unbranched alkanes of at least 4 members (excludes halogenated alkanes) is 1. The summed E-state index contributed by atoms with van der Waals surface area (Å²) in [7, 11) is 0. The minimum atomic E-state index is 0. The molecule has 0 N–H and O–H groups in total. The fourth-order valence-corrected chi connectivity index (χ4v) is 4.79. The topological polar surface area (TPSA) is 17.8 Å². The SMILES string of the molecule is CCCCC12CCCc3cccc(c31)C=C(Cn1ccnc1)C2.Cl. The van der Waals surface area contributed by atoms with Crippen molar-refractivity contribution in [3.05, 3.63) is 59.2 Å². The van der Waals surface area contributed by atoms with Crippen LogP contribution >= 0.6 is 12.4 Å². The van der Waals surface area contributed by atoms with Gasteiger partial charge in [0, 0.05) is 18.9 Å². The van der Waals surface area contributed by atoms with E-state index in [0.29, 0.717) is 5.41 Å². The van der Waals surface area contributed by atoms with Gasteiger partial charge < -0.3 is 4.57 Å². The van der Waals surface area contributed by atoms with E-state index < -0.39 is 0 Å². The third-order valence-electron chi connectivity index (χ3n) is 5.69. The molecule has 24 heavy (non-hydrogen) atoms. The van der Waals surface area contributed by atoms with Crippen LogP contribution in [-0.4, -0.2) is 9.55 Å². The van der Waals surface area contributed by atoms with Gasteiger partial charge in [-0.2, -0.15) is 0 Å². The molecule has 2 aromatic rings. The lowest BCUT2D eigenvalue weighted by Gasteiger charge is -2.44. The van der Waals surface area contributed by atoms with Gasteiger partial charge in [-0.3, -0.25) is 0 Å². The lowest BCUT2D eigenvalue weighted by molar-refractivity contribution is 0.314. The van der Waals surface area contributed by atoms with Crippen LogP contribution in [-0.2, 0) is 18.4 Å². The molecule has 0 saturated carbocycles. The molecule has 128 valence electrons. The Labute approximate surface area is 151 Å². The Morgan fingerprint density at radius 2 is 2.21 bits per heavy atom. The number of aromatic nitrogens is 2. The Kier molecular flexibility index (Phi) is 5.15. The standard InChI is InChI=1S/C21H26N2.ClH/c1-2-3-9-21-10-5-8-18-6-4-7-19(20(18)21)13-17(14-21)15-23-12-11-22-16-23;/h4,6-7,11-13,16H,2-3,5,8-10,14-15H2,1H3;1H. The lowest BCUT2D eigenvalue weighted by atomic mass is 9.60. The number of benzene rings is 1. The van der Waals surface area contributed by atoms with E-state index >= 15 is 0 Å². The van der Waals surface area contributed by atoms with Gasteiger partial charge in [-0.15, -0.1) is 12.4 Å². The van der Waals surface area contributed by atoms with Crippen LogP contribution in [0.5, 0.6) is 0 Å². The molecule has 0 radical (unpaired) electrons. The van der Waals surface area contributed by atoms with E-state index in [1.54, 1.807) is 16.7 Å². The zero-order valence-corrected chi connectivity index (χ0v) is 15.3. The molecule has 2 nitrogen and oxygen atoms in total. The smallest absolute Gasteiger partial charge is 0.0948 e. The summed E-state index contributed by atoms with van der Waals surface area (Å²) < 4.78 is 2.21. The molecule has 1 aromatic carbocycles. The first-order valence-electron chi connectivity index (χ1n) is 9.08. The molecule has 2 aliphatic rings. The number of rotatable bonds is 5. The minimum Gasteiger partial charge on any atom is -0.333 e. The maximum atomic E-state index is 4.20. The van der Waals surface area contributed by atoms with E-state index in [0.717, 1.165) is 6.54 Å². The number of nitrogens with zero attached hydrogens (tertiary/aromatic N) is 2. The Bertz CT molecular complexity index is 717. The maximum Gasteiger partial charge on any atom is 0.0948 e. The van der Waals surface area contributed by atoms with E-state index in [4.69, 9.17) is 0 Å². The largest absolute Gasteiger partial charge is 0.333 e. The van der Waals surface area contributed by atoms with Crippen molar-refractivity contribution in [2.45, 2.75) is 63.8 Å². The minimum absolute atomic E-state index is 0. The maximum absolute atomic E-state index is 4.20. The number of imidazole rings is 1. The van der Waals surface area contributed by atoms with Crippen LogP contribution in [0.15, 0.2) is 42.5 Å². The van der Waals surface area contributed by atoms with Crippen LogP contribution < -0.4 is 0 Å². The molecule has 4 rings (SSSR count). The van der Waals surface area contributed by atoms with Gasteiger partial charge in [0.15, 0.2) is 0 Å². The van der Waals surface area contributed by atoms with E-state index in [1.807, 2.05) is 12.5 Å². The molecular weight excluding hydrogens is 316 g/mol. The second-order valence-corrected chi connectivity index (χ2v) is 7.33. The van der Waals surface area contributed by atoms with Gasteiger partial charge in [-0.25, -0.2) is 4.98 Å². The molecule has 0 fully saturated rings. The fraction of sp³-hybridized carbons (Fsp3) is 0.476. The monoisotopic (exact) mass is 342 g/mol. The van der Waals surface area contributed by atoms with E-state index in [9.17, 15) is 0 Å². The average Bonchev–Trinajstić information content (AvgIpc) is 3.06. The molecule has 0 amide bonds. The van der Waals surface area contributed by atoms with Crippen LogP contribution in [0.25, 0.3) is 6.08 Å². The molecule has 3 heteroatoms. The van der Waals surface area contributed by atoms with Crippen LogP contribution in [0, 0.1) is 0 Å². The van der Waals surface area contributed by atoms with Gasteiger partial charge >= 0.3 is 0 Å². The first-order chi connectivity index (χ1) is 11.3. The van der Waals surface area contributed by atoms with Gasteiger partial charge in [-0.05, 0) is 59.8 Å². The van der Waals surface area contributed by atoms with Crippen molar-refractivity contribution >= 4 is 18.5 Å². The first-order valence-corrected chi connectivity index (χ1v) is 9.08. The van der Waals surface area contributed by atoms with Crippen LogP contribution in [0.1, 0.15) is 62.1 Å². The normalized spacial score (nSPS) is 21.6. The lowest BCUT2D eigenvalue weighted by Crippen LogP contribution is -2.35. The predicted molar refractivity (Wildman–Crippen MR) is 103 cm³/mol. The van der Waals surface area contributed by atoms with Crippen molar-refractivity contribution in [2.75, 3.05) is 0 Å². The van der Waals surface area contributed by atoms with Crippen molar-refractivity contribution in [3.8, 4) is 0 Å². The molecule has 1 unspecified atom stereocenters. The summed E-state index contributed by atoms with van der Waals surface area (Å²) in [6.45, 7) is 3.30. The molecule has 0 bridgehead atoms. The van der Waals surface area contributed by atoms with Gasteiger partial charge in [0.25, 0.3) is 0 Å². The molecule has 0 saturated heterocycles. The highest BCUT2D eigenvalue weighted by atomic mass is 35.5. The van der Waals surface area contributed by atoms with Crippen molar-refractivity contribution in [3.63, 3.8) is 0 Å². The van der Waals surface area contributed by atoms with E-state index in [-0.39, 0.29) is 12.4 Å². The first kappa shape index (κ1) is 17.3. The molecule has 1 aromatic heterocycles. The molecule has 1 atom stereocenters. The number of halogens is 1. The van der Waals surface area contributed by atoms with Crippen LogP contribution in [0.3, 0.4) is 0 Å². The number of hydrogen-bond donors (Lipinski definition) is 0. The molecule has 1 heterocycles. The summed E-state index contributed by atoms with van der Waals surface area (Å²) in [4.78, 5) is 4.20. The summed E-state index contributed by atoms with van der Waals surface area (Å²) in [5.74, 6) is 0. The van der Waals surface area contributed by atoms with E-state index in [1.165, 1.54) is 50.5 Å². The van der Waals surface area contributed by atoms with Crippen LogP contribution in [0.2, 0.25) is 0 Å². The highest BCUT2D eigenvalue weighted by Gasteiger charge is 2.40. The quantitative estimate of drug-likeness (QED) is 0.695. The highest BCUT2D eigenvalue weighted by Crippen LogP contribution is 2.50. The zero-order chi connectivity index (χ0) is 15.7. The third kappa shape index (κ3) is 3.04. The van der Waals surface area contributed by atoms with Gasteiger partial charge in [0.05, 0.1) is 6.33 Å². The Balaban J connectivity index is 0.00000169. The summed E-state index contributed by atoms with van der Waals surface area (Å²) in [6.07, 6.45) is 17.5. The highest BCUT2D eigenvalue weighted by molar-refractivity contribution is 5.85. The Morgan fingerprint density at radius 1 is 1.29 bits per heavy atom. The van der Waals surface area contributed by atoms with Crippen molar-refractivity contribution < 1.29 is 0 Å². The zero-order valence-electron chi connectivity index (χ0n) is 14.5. The van der Waals surface area contributed by atoms with Gasteiger partial charge in [0.1, 0.15) is 0 Å². The second kappa shape index (κ2) is 7.14. The number of aryl methyl sites for hydroxylation is 1.